The molecule has 0 fully saturated rings. The van der Waals surface area contributed by atoms with Crippen molar-refractivity contribution in [3.63, 3.8) is 0 Å². The fourth-order valence-electron chi connectivity index (χ4n) is 0.423. The van der Waals surface area contributed by atoms with E-state index in [0.717, 1.165) is 0 Å². The van der Waals surface area contributed by atoms with Gasteiger partial charge in [-0.25, -0.2) is 0 Å². The molecule has 0 aromatic heterocycles. The lowest BCUT2D eigenvalue weighted by atomic mass is 10.3. The molecule has 0 aromatic rings. The predicted octanol–water partition coefficient (Wildman–Crippen LogP) is 3.08. The molecule has 0 heteroatoms. The van der Waals surface area contributed by atoms with Gasteiger partial charge < -0.3 is 0 Å². The fourth-order valence-corrected chi connectivity index (χ4v) is 0.423. The molecule has 0 N–H and O–H groups in total. The highest BCUT2D eigenvalue weighted by atomic mass is 13.7. The Balaban J connectivity index is 3.60. The summed E-state index contributed by atoms with van der Waals surface area (Å²) in [7, 11) is 0. The molecule has 0 rings (SSSR count). The molecule has 50 valence electrons. The fraction of sp³-hybridized carbons (Fsp3) is 0.333. The zero-order valence-electron chi connectivity index (χ0n) is 6.39. The lowest BCUT2D eigenvalue weighted by Crippen LogP contribution is -1.57. The van der Waals surface area contributed by atoms with Crippen molar-refractivity contribution in [3.05, 3.63) is 36.0 Å². The Kier molecular flexibility index (Phi) is 4.89. The summed E-state index contributed by atoms with van der Waals surface area (Å²) in [5, 5.41) is 0. The first kappa shape index (κ1) is 8.22. The van der Waals surface area contributed by atoms with E-state index in [9.17, 15) is 0 Å². The Bertz CT molecular complexity index is 132. The Morgan fingerprint density at radius 3 is 2.11 bits per heavy atom. The van der Waals surface area contributed by atoms with Crippen molar-refractivity contribution in [3.8, 4) is 0 Å². The van der Waals surface area contributed by atoms with Gasteiger partial charge in [0.15, 0.2) is 0 Å². The van der Waals surface area contributed by atoms with E-state index in [0.29, 0.717) is 0 Å². The second-order valence-electron chi connectivity index (χ2n) is 2.15. The first-order chi connectivity index (χ1) is 4.27. The number of hydrogen-bond donors (Lipinski definition) is 0. The van der Waals surface area contributed by atoms with Crippen LogP contribution in [0.1, 0.15) is 20.8 Å². The van der Waals surface area contributed by atoms with Gasteiger partial charge in [-0.05, 0) is 20.8 Å². The number of rotatable bonds is 2. The van der Waals surface area contributed by atoms with Crippen LogP contribution in [0.15, 0.2) is 36.0 Å². The second kappa shape index (κ2) is 5.36. The van der Waals surface area contributed by atoms with Crippen molar-refractivity contribution in [1.29, 1.82) is 0 Å². The molecule has 0 bridgehead atoms. The van der Waals surface area contributed by atoms with Gasteiger partial charge in [0, 0.05) is 0 Å². The Hall–Kier alpha value is -0.780. The normalized spacial score (nSPS) is 11.0. The van der Waals surface area contributed by atoms with E-state index in [4.69, 9.17) is 0 Å². The summed E-state index contributed by atoms with van der Waals surface area (Å²) < 4.78 is 0. The second-order valence-corrected chi connectivity index (χ2v) is 2.15. The summed E-state index contributed by atoms with van der Waals surface area (Å²) >= 11 is 0. The van der Waals surface area contributed by atoms with Gasteiger partial charge >= 0.3 is 0 Å². The third-order valence-corrected chi connectivity index (χ3v) is 0.844. The number of hydrogen-bond acceptors (Lipinski definition) is 0. The maximum Gasteiger partial charge on any atom is -0.0439 e. The van der Waals surface area contributed by atoms with Gasteiger partial charge in [0.2, 0.25) is 0 Å². The van der Waals surface area contributed by atoms with Crippen LogP contribution in [0.2, 0.25) is 0 Å². The van der Waals surface area contributed by atoms with Crippen molar-refractivity contribution in [2.75, 3.05) is 0 Å². The third kappa shape index (κ3) is 7.22. The molecule has 0 aromatic carbocycles. The largest absolute Gasteiger partial charge is 0.0877 e. The summed E-state index contributed by atoms with van der Waals surface area (Å²) in [6.45, 7) is 6.17. The summed E-state index contributed by atoms with van der Waals surface area (Å²) in [4.78, 5) is 0. The summed E-state index contributed by atoms with van der Waals surface area (Å²) in [5.74, 6) is 0. The van der Waals surface area contributed by atoms with Crippen LogP contribution in [0.4, 0.5) is 0 Å². The smallest absolute Gasteiger partial charge is 0.0439 e. The molecular formula is C9H14. The highest BCUT2D eigenvalue weighted by molar-refractivity contribution is 5.13. The van der Waals surface area contributed by atoms with E-state index in [-0.39, 0.29) is 0 Å². The zero-order valence-corrected chi connectivity index (χ0v) is 6.39. The van der Waals surface area contributed by atoms with Crippen LogP contribution in [0.3, 0.4) is 0 Å². The molecule has 0 aliphatic heterocycles. The summed E-state index contributed by atoms with van der Waals surface area (Å²) in [6.07, 6.45) is 10.2. The third-order valence-electron chi connectivity index (χ3n) is 0.844. The zero-order chi connectivity index (χ0) is 7.11. The van der Waals surface area contributed by atoms with E-state index < -0.39 is 0 Å². The van der Waals surface area contributed by atoms with Crippen molar-refractivity contribution >= 4 is 0 Å². The summed E-state index contributed by atoms with van der Waals surface area (Å²) in [5.41, 5.74) is 1.33. The molecule has 0 saturated carbocycles. The molecule has 0 nitrogen and oxygen atoms in total. The maximum atomic E-state index is 2.08. The highest BCUT2D eigenvalue weighted by Gasteiger charge is 1.66. The Labute approximate surface area is 57.6 Å². The van der Waals surface area contributed by atoms with E-state index in [1.165, 1.54) is 5.57 Å². The molecule has 0 spiro atoms. The van der Waals surface area contributed by atoms with Gasteiger partial charge in [0.1, 0.15) is 0 Å². The average molecular weight is 122 g/mol. The summed E-state index contributed by atoms with van der Waals surface area (Å²) in [6, 6.07) is 0. The molecule has 0 aliphatic rings. The van der Waals surface area contributed by atoms with E-state index >= 15 is 0 Å². The Morgan fingerprint density at radius 1 is 1.00 bits per heavy atom. The first-order valence-corrected chi connectivity index (χ1v) is 3.20. The molecule has 0 heterocycles. The van der Waals surface area contributed by atoms with Crippen LogP contribution < -0.4 is 0 Å². The lowest BCUT2D eigenvalue weighted by molar-refractivity contribution is 1.39. The van der Waals surface area contributed by atoms with E-state index in [1.54, 1.807) is 0 Å². The van der Waals surface area contributed by atoms with Crippen molar-refractivity contribution in [1.82, 2.24) is 0 Å². The van der Waals surface area contributed by atoms with Crippen molar-refractivity contribution < 1.29 is 0 Å². The molecule has 0 amide bonds. The van der Waals surface area contributed by atoms with Gasteiger partial charge in [0.05, 0.1) is 0 Å². The van der Waals surface area contributed by atoms with Gasteiger partial charge in [-0.3, -0.25) is 0 Å². The standard InChI is InChI=1S/C9H14/c1-4-5-6-7-8-9(2)3/h4-8H,1-3H3/b5-4+,7-6-. The van der Waals surface area contributed by atoms with Crippen LogP contribution in [0.5, 0.6) is 0 Å². The van der Waals surface area contributed by atoms with Crippen molar-refractivity contribution in [2.24, 2.45) is 0 Å². The van der Waals surface area contributed by atoms with Crippen molar-refractivity contribution in [2.45, 2.75) is 20.8 Å². The Morgan fingerprint density at radius 2 is 1.67 bits per heavy atom. The topological polar surface area (TPSA) is 0 Å². The molecular weight excluding hydrogens is 108 g/mol. The van der Waals surface area contributed by atoms with Gasteiger partial charge in [-0.15, -0.1) is 0 Å². The average Bonchev–Trinajstić information content (AvgIpc) is 1.80. The SMILES string of the molecule is C/C=C/C=C\C=C(C)C. The first-order valence-electron chi connectivity index (χ1n) is 3.20. The minimum Gasteiger partial charge on any atom is -0.0877 e. The van der Waals surface area contributed by atoms with Crippen LogP contribution in [0.25, 0.3) is 0 Å². The van der Waals surface area contributed by atoms with E-state index in [2.05, 4.69) is 19.9 Å². The minimum atomic E-state index is 1.33. The van der Waals surface area contributed by atoms with Crippen LogP contribution in [-0.2, 0) is 0 Å². The monoisotopic (exact) mass is 122 g/mol. The molecule has 0 atom stereocenters. The lowest BCUT2D eigenvalue weighted by Gasteiger charge is -1.79. The highest BCUT2D eigenvalue weighted by Crippen LogP contribution is 1.88. The number of allylic oxidation sites excluding steroid dienone is 6. The molecule has 0 unspecified atom stereocenters. The molecule has 0 radical (unpaired) electrons. The van der Waals surface area contributed by atoms with Crippen LogP contribution >= 0.6 is 0 Å². The molecule has 0 saturated heterocycles. The molecule has 9 heavy (non-hydrogen) atoms. The maximum absolute atomic E-state index is 2.08. The van der Waals surface area contributed by atoms with Gasteiger partial charge in [0.25, 0.3) is 0 Å². The van der Waals surface area contributed by atoms with Crippen LogP contribution in [0, 0.1) is 0 Å². The van der Waals surface area contributed by atoms with E-state index in [1.807, 2.05) is 31.2 Å². The van der Waals surface area contributed by atoms with Gasteiger partial charge in [-0.2, -0.15) is 0 Å². The predicted molar refractivity (Wildman–Crippen MR) is 43.4 cm³/mol. The minimum absolute atomic E-state index is 1.33. The van der Waals surface area contributed by atoms with Crippen LogP contribution in [-0.4, -0.2) is 0 Å². The van der Waals surface area contributed by atoms with Gasteiger partial charge in [-0.1, -0.05) is 36.0 Å². The molecule has 0 aliphatic carbocycles. The quantitative estimate of drug-likeness (QED) is 0.494.